The third-order valence-corrected chi connectivity index (χ3v) is 6.52. The fraction of sp³-hybridized carbons (Fsp3) is 0.500. The summed E-state index contributed by atoms with van der Waals surface area (Å²) in [5, 5.41) is 12.9. The van der Waals surface area contributed by atoms with Gasteiger partial charge in [0.25, 0.3) is 5.56 Å². The van der Waals surface area contributed by atoms with E-state index in [1.54, 1.807) is 13.8 Å². The lowest BCUT2D eigenvalue weighted by atomic mass is 10.2. The molecule has 0 saturated heterocycles. The second-order valence-corrected chi connectivity index (χ2v) is 8.61. The normalized spacial score (nSPS) is 15.2. The Morgan fingerprint density at radius 3 is 2.96 bits per heavy atom. The molecule has 3 aromatic rings. The fourth-order valence-corrected chi connectivity index (χ4v) is 4.77. The van der Waals surface area contributed by atoms with E-state index in [-0.39, 0.29) is 17.4 Å². The van der Waals surface area contributed by atoms with Crippen molar-refractivity contribution in [1.82, 2.24) is 30.2 Å². The Kier molecular flexibility index (Phi) is 4.72. The molecule has 0 amide bonds. The lowest BCUT2D eigenvalue weighted by Gasteiger charge is -2.10. The molecule has 4 rings (SSSR count). The van der Waals surface area contributed by atoms with E-state index in [1.165, 1.54) is 23.1 Å². The molecule has 9 nitrogen and oxygen atoms in total. The summed E-state index contributed by atoms with van der Waals surface area (Å²) in [4.78, 5) is 33.1. The van der Waals surface area contributed by atoms with Gasteiger partial charge in [0, 0.05) is 0 Å². The highest BCUT2D eigenvalue weighted by molar-refractivity contribution is 7.99. The van der Waals surface area contributed by atoms with Crippen LogP contribution in [0.4, 0.5) is 0 Å². The molecule has 1 fully saturated rings. The highest BCUT2D eigenvalue weighted by Crippen LogP contribution is 2.39. The molecule has 1 atom stereocenters. The summed E-state index contributed by atoms with van der Waals surface area (Å²) in [6, 6.07) is 0.372. The van der Waals surface area contributed by atoms with Crippen LogP contribution >= 0.6 is 23.1 Å². The second kappa shape index (κ2) is 7.04. The number of hydrogen-bond donors (Lipinski definition) is 1. The van der Waals surface area contributed by atoms with Crippen molar-refractivity contribution in [2.45, 2.75) is 50.1 Å². The number of esters is 1. The maximum absolute atomic E-state index is 12.6. The molecule has 1 aliphatic carbocycles. The first-order valence-corrected chi connectivity index (χ1v) is 10.3. The molecular weight excluding hydrogens is 388 g/mol. The molecule has 11 heteroatoms. The van der Waals surface area contributed by atoms with Gasteiger partial charge in [-0.25, -0.2) is 14.5 Å². The van der Waals surface area contributed by atoms with E-state index < -0.39 is 5.97 Å². The zero-order valence-corrected chi connectivity index (χ0v) is 16.7. The molecule has 1 saturated carbocycles. The Labute approximate surface area is 162 Å². The van der Waals surface area contributed by atoms with Gasteiger partial charge in [0.1, 0.15) is 15.5 Å². The zero-order valence-electron chi connectivity index (χ0n) is 15.1. The number of H-pyrrole nitrogens is 1. The highest BCUT2D eigenvalue weighted by atomic mass is 32.2. The van der Waals surface area contributed by atoms with E-state index in [4.69, 9.17) is 4.74 Å². The predicted molar refractivity (Wildman–Crippen MR) is 101 cm³/mol. The fourth-order valence-electron chi connectivity index (χ4n) is 2.77. The largest absolute Gasteiger partial charge is 0.462 e. The van der Waals surface area contributed by atoms with Crippen LogP contribution in [0, 0.1) is 6.92 Å². The molecule has 3 heterocycles. The number of ether oxygens (including phenoxy) is 1. The SMILES string of the molecule is CCOC(=O)c1sc2nc(C(C)Sc3nnnn3C3CC3)[nH]c(=O)c2c1C. The Balaban J connectivity index is 1.66. The maximum atomic E-state index is 12.6. The maximum Gasteiger partial charge on any atom is 0.348 e. The van der Waals surface area contributed by atoms with Crippen LogP contribution in [0.15, 0.2) is 9.95 Å². The number of thioether (sulfide) groups is 1. The van der Waals surface area contributed by atoms with Gasteiger partial charge < -0.3 is 9.72 Å². The summed E-state index contributed by atoms with van der Waals surface area (Å²) in [5.41, 5.74) is 0.347. The van der Waals surface area contributed by atoms with Crippen molar-refractivity contribution in [2.24, 2.45) is 0 Å². The van der Waals surface area contributed by atoms with E-state index in [0.717, 1.165) is 12.8 Å². The molecule has 1 N–H and O–H groups in total. The number of carbonyl (C=O) groups excluding carboxylic acids is 1. The highest BCUT2D eigenvalue weighted by Gasteiger charge is 2.29. The molecule has 0 aliphatic heterocycles. The number of nitrogens with one attached hydrogen (secondary N) is 1. The summed E-state index contributed by atoms with van der Waals surface area (Å²) < 4.78 is 6.90. The number of carbonyl (C=O) groups is 1. The predicted octanol–water partition coefficient (Wildman–Crippen LogP) is 2.64. The Morgan fingerprint density at radius 2 is 2.26 bits per heavy atom. The lowest BCUT2D eigenvalue weighted by Crippen LogP contribution is -2.13. The van der Waals surface area contributed by atoms with Gasteiger partial charge in [-0.3, -0.25) is 4.79 Å². The van der Waals surface area contributed by atoms with Crippen LogP contribution in [-0.4, -0.2) is 42.8 Å². The van der Waals surface area contributed by atoms with Gasteiger partial charge in [0.15, 0.2) is 0 Å². The number of thiophene rings is 1. The van der Waals surface area contributed by atoms with Gasteiger partial charge in [-0.2, -0.15) is 0 Å². The molecule has 0 aromatic carbocycles. The molecule has 0 bridgehead atoms. The van der Waals surface area contributed by atoms with Crippen molar-refractivity contribution in [3.05, 3.63) is 26.6 Å². The van der Waals surface area contributed by atoms with Crippen molar-refractivity contribution < 1.29 is 9.53 Å². The molecule has 1 unspecified atom stereocenters. The topological polar surface area (TPSA) is 116 Å². The summed E-state index contributed by atoms with van der Waals surface area (Å²) >= 11 is 2.63. The number of nitrogens with zero attached hydrogens (tertiary/aromatic N) is 5. The number of fused-ring (bicyclic) bond motifs is 1. The van der Waals surface area contributed by atoms with Crippen molar-refractivity contribution >= 4 is 39.3 Å². The van der Waals surface area contributed by atoms with Crippen molar-refractivity contribution in [3.63, 3.8) is 0 Å². The number of hydrogen-bond acceptors (Lipinski definition) is 9. The number of rotatable bonds is 6. The van der Waals surface area contributed by atoms with Crippen molar-refractivity contribution in [1.29, 1.82) is 0 Å². The minimum atomic E-state index is -0.426. The Hall–Kier alpha value is -2.27. The van der Waals surface area contributed by atoms with E-state index in [1.807, 2.05) is 11.6 Å². The molecule has 3 aromatic heterocycles. The van der Waals surface area contributed by atoms with Crippen molar-refractivity contribution in [3.8, 4) is 0 Å². The van der Waals surface area contributed by atoms with Crippen LogP contribution in [0.2, 0.25) is 0 Å². The van der Waals surface area contributed by atoms with Crippen LogP contribution in [-0.2, 0) is 4.74 Å². The molecule has 0 spiro atoms. The second-order valence-electron chi connectivity index (χ2n) is 6.31. The standard InChI is InChI=1S/C16H18N6O3S2/c1-4-25-15(24)11-7(2)10-13(23)17-12(18-14(10)27-11)8(3)26-16-19-20-21-22(16)9-5-6-9/h8-9H,4-6H2,1-3H3,(H,17,18,23). The van der Waals surface area contributed by atoms with Crippen molar-refractivity contribution in [2.75, 3.05) is 6.61 Å². The number of tetrazole rings is 1. The smallest absolute Gasteiger partial charge is 0.348 e. The van der Waals surface area contributed by atoms with Crippen LogP contribution in [0.25, 0.3) is 10.2 Å². The summed E-state index contributed by atoms with van der Waals surface area (Å²) in [6.45, 7) is 5.71. The molecule has 0 radical (unpaired) electrons. The van der Waals surface area contributed by atoms with Gasteiger partial charge in [-0.15, -0.1) is 16.4 Å². The Bertz CT molecular complexity index is 1070. The molecule has 142 valence electrons. The number of aromatic nitrogens is 6. The van der Waals surface area contributed by atoms with E-state index in [0.29, 0.717) is 37.7 Å². The third-order valence-electron chi connectivity index (χ3n) is 4.30. The summed E-state index contributed by atoms with van der Waals surface area (Å²) in [6.07, 6.45) is 2.16. The van der Waals surface area contributed by atoms with Crippen LogP contribution in [0.1, 0.15) is 59.0 Å². The van der Waals surface area contributed by atoms with Gasteiger partial charge in [0.05, 0.1) is 23.3 Å². The van der Waals surface area contributed by atoms with E-state index >= 15 is 0 Å². The third kappa shape index (κ3) is 3.36. The molecular formula is C16H18N6O3S2. The zero-order chi connectivity index (χ0) is 19.1. The monoisotopic (exact) mass is 406 g/mol. The first-order chi connectivity index (χ1) is 13.0. The average molecular weight is 406 g/mol. The molecule has 1 aliphatic rings. The lowest BCUT2D eigenvalue weighted by molar-refractivity contribution is 0.0531. The van der Waals surface area contributed by atoms with Crippen LogP contribution < -0.4 is 5.56 Å². The first kappa shape index (κ1) is 18.1. The van der Waals surface area contributed by atoms with Gasteiger partial charge >= 0.3 is 5.97 Å². The summed E-state index contributed by atoms with van der Waals surface area (Å²) in [7, 11) is 0. The van der Waals surface area contributed by atoms with E-state index in [2.05, 4.69) is 25.5 Å². The quantitative estimate of drug-likeness (QED) is 0.491. The Morgan fingerprint density at radius 1 is 1.48 bits per heavy atom. The van der Waals surface area contributed by atoms with Gasteiger partial charge in [-0.05, 0) is 49.6 Å². The van der Waals surface area contributed by atoms with E-state index in [9.17, 15) is 9.59 Å². The number of aryl methyl sites for hydroxylation is 1. The van der Waals surface area contributed by atoms with Gasteiger partial charge in [0.2, 0.25) is 5.16 Å². The number of aromatic amines is 1. The minimum Gasteiger partial charge on any atom is -0.462 e. The molecule has 27 heavy (non-hydrogen) atoms. The minimum absolute atomic E-state index is 0.154. The first-order valence-electron chi connectivity index (χ1n) is 8.64. The van der Waals surface area contributed by atoms with Crippen LogP contribution in [0.5, 0.6) is 0 Å². The summed E-state index contributed by atoms with van der Waals surface area (Å²) in [5.74, 6) is 0.101. The average Bonchev–Trinajstić information content (AvgIpc) is 3.28. The van der Waals surface area contributed by atoms with Crippen LogP contribution in [0.3, 0.4) is 0 Å². The van der Waals surface area contributed by atoms with Gasteiger partial charge in [-0.1, -0.05) is 11.8 Å².